The Morgan fingerprint density at radius 1 is 1.38 bits per heavy atom. The number of benzene rings is 1. The molecule has 21 heavy (non-hydrogen) atoms. The van der Waals surface area contributed by atoms with E-state index in [-0.39, 0.29) is 23.4 Å². The lowest BCUT2D eigenvalue weighted by Gasteiger charge is -2.07. The SMILES string of the molecule is Cc1noc(C)c1COC(=O)c1cccc([N+](=O)[O-])c1C. The molecular weight excluding hydrogens is 276 g/mol. The van der Waals surface area contributed by atoms with Crippen molar-refractivity contribution in [3.8, 4) is 0 Å². The summed E-state index contributed by atoms with van der Waals surface area (Å²) in [7, 11) is 0. The summed E-state index contributed by atoms with van der Waals surface area (Å²) < 4.78 is 10.2. The molecule has 0 bridgehead atoms. The van der Waals surface area contributed by atoms with Crippen LogP contribution in [0.1, 0.15) is 32.9 Å². The molecule has 0 aliphatic rings. The lowest BCUT2D eigenvalue weighted by Crippen LogP contribution is -2.09. The van der Waals surface area contributed by atoms with Gasteiger partial charge in [-0.3, -0.25) is 10.1 Å². The van der Waals surface area contributed by atoms with E-state index in [4.69, 9.17) is 9.26 Å². The Kier molecular flexibility index (Phi) is 4.02. The number of nitrogens with zero attached hydrogens (tertiary/aromatic N) is 2. The van der Waals surface area contributed by atoms with Gasteiger partial charge in [-0.2, -0.15) is 0 Å². The molecule has 1 aromatic carbocycles. The number of aryl methyl sites for hydroxylation is 2. The second-order valence-electron chi connectivity index (χ2n) is 4.59. The maximum absolute atomic E-state index is 12.1. The van der Waals surface area contributed by atoms with E-state index in [9.17, 15) is 14.9 Å². The number of hydrogen-bond donors (Lipinski definition) is 0. The predicted octanol–water partition coefficient (Wildman–Crippen LogP) is 2.87. The van der Waals surface area contributed by atoms with Crippen molar-refractivity contribution in [3.63, 3.8) is 0 Å². The number of rotatable bonds is 4. The minimum atomic E-state index is -0.615. The van der Waals surface area contributed by atoms with Crippen LogP contribution in [0.25, 0.3) is 0 Å². The summed E-state index contributed by atoms with van der Waals surface area (Å²) in [6.07, 6.45) is 0. The first kappa shape index (κ1) is 14.7. The highest BCUT2D eigenvalue weighted by Gasteiger charge is 2.20. The topological polar surface area (TPSA) is 95.5 Å². The monoisotopic (exact) mass is 290 g/mol. The fourth-order valence-electron chi connectivity index (χ4n) is 1.97. The second-order valence-corrected chi connectivity index (χ2v) is 4.59. The van der Waals surface area contributed by atoms with Crippen LogP contribution < -0.4 is 0 Å². The summed E-state index contributed by atoms with van der Waals surface area (Å²) in [4.78, 5) is 22.4. The van der Waals surface area contributed by atoms with Gasteiger partial charge >= 0.3 is 5.97 Å². The van der Waals surface area contributed by atoms with E-state index in [0.29, 0.717) is 17.0 Å². The molecular formula is C14H14N2O5. The van der Waals surface area contributed by atoms with Gasteiger partial charge in [0.05, 0.1) is 21.7 Å². The predicted molar refractivity (Wildman–Crippen MR) is 72.9 cm³/mol. The van der Waals surface area contributed by atoms with E-state index in [1.165, 1.54) is 25.1 Å². The normalized spacial score (nSPS) is 10.4. The molecule has 2 rings (SSSR count). The third-order valence-corrected chi connectivity index (χ3v) is 3.25. The number of nitro benzene ring substituents is 1. The Hall–Kier alpha value is -2.70. The van der Waals surface area contributed by atoms with E-state index in [1.54, 1.807) is 13.8 Å². The molecule has 0 aliphatic carbocycles. The standard InChI is InChI=1S/C14H14N2O5/c1-8-11(5-4-6-13(8)16(18)19)14(17)20-7-12-9(2)15-21-10(12)3/h4-6H,7H2,1-3H3. The van der Waals surface area contributed by atoms with Crippen LogP contribution in [-0.2, 0) is 11.3 Å². The van der Waals surface area contributed by atoms with Crippen LogP contribution in [0.3, 0.4) is 0 Å². The molecule has 0 aliphatic heterocycles. The Morgan fingerprint density at radius 3 is 2.67 bits per heavy atom. The summed E-state index contributed by atoms with van der Waals surface area (Å²) >= 11 is 0. The van der Waals surface area contributed by atoms with Crippen LogP contribution in [0.4, 0.5) is 5.69 Å². The molecule has 0 N–H and O–H groups in total. The zero-order valence-corrected chi connectivity index (χ0v) is 11.9. The van der Waals surface area contributed by atoms with Crippen molar-refractivity contribution in [3.05, 3.63) is 56.5 Å². The highest BCUT2D eigenvalue weighted by Crippen LogP contribution is 2.22. The summed E-state index contributed by atoms with van der Waals surface area (Å²) in [6, 6.07) is 4.30. The average molecular weight is 290 g/mol. The Balaban J connectivity index is 2.18. The van der Waals surface area contributed by atoms with Gasteiger partial charge in [0, 0.05) is 11.6 Å². The summed E-state index contributed by atoms with van der Waals surface area (Å²) in [6.45, 7) is 5.01. The van der Waals surface area contributed by atoms with Crippen LogP contribution in [0.5, 0.6) is 0 Å². The van der Waals surface area contributed by atoms with E-state index >= 15 is 0 Å². The van der Waals surface area contributed by atoms with Crippen LogP contribution in [0, 0.1) is 30.9 Å². The maximum Gasteiger partial charge on any atom is 0.338 e. The smallest absolute Gasteiger partial charge is 0.338 e. The minimum absolute atomic E-state index is 0.0160. The summed E-state index contributed by atoms with van der Waals surface area (Å²) in [5.74, 6) is -0.0349. The van der Waals surface area contributed by atoms with E-state index in [2.05, 4.69) is 5.16 Å². The number of ether oxygens (including phenoxy) is 1. The highest BCUT2D eigenvalue weighted by molar-refractivity contribution is 5.92. The molecule has 7 nitrogen and oxygen atoms in total. The zero-order chi connectivity index (χ0) is 15.6. The van der Waals surface area contributed by atoms with E-state index in [0.717, 1.165) is 0 Å². The molecule has 0 saturated carbocycles. The van der Waals surface area contributed by atoms with Gasteiger partial charge in [0.1, 0.15) is 12.4 Å². The number of esters is 1. The van der Waals surface area contributed by atoms with Crippen molar-refractivity contribution in [2.75, 3.05) is 0 Å². The first-order valence-corrected chi connectivity index (χ1v) is 6.24. The number of hydrogen-bond acceptors (Lipinski definition) is 6. The number of aromatic nitrogens is 1. The van der Waals surface area contributed by atoms with Gasteiger partial charge in [-0.1, -0.05) is 11.2 Å². The van der Waals surface area contributed by atoms with Crippen LogP contribution in [0.2, 0.25) is 0 Å². The van der Waals surface area contributed by atoms with Gasteiger partial charge < -0.3 is 9.26 Å². The summed E-state index contributed by atoms with van der Waals surface area (Å²) in [5, 5.41) is 14.6. The first-order chi connectivity index (χ1) is 9.91. The molecule has 0 radical (unpaired) electrons. The van der Waals surface area contributed by atoms with Gasteiger partial charge in [-0.25, -0.2) is 4.79 Å². The van der Waals surface area contributed by atoms with Crippen molar-refractivity contribution in [2.45, 2.75) is 27.4 Å². The van der Waals surface area contributed by atoms with E-state index in [1.807, 2.05) is 0 Å². The van der Waals surface area contributed by atoms with Gasteiger partial charge in [0.2, 0.25) is 0 Å². The molecule has 0 amide bonds. The molecule has 0 spiro atoms. The highest BCUT2D eigenvalue weighted by atomic mass is 16.6. The van der Waals surface area contributed by atoms with Gasteiger partial charge in [-0.05, 0) is 26.8 Å². The Labute approximate surface area is 120 Å². The third-order valence-electron chi connectivity index (χ3n) is 3.25. The fraction of sp³-hybridized carbons (Fsp3) is 0.286. The van der Waals surface area contributed by atoms with Gasteiger partial charge in [0.25, 0.3) is 5.69 Å². The van der Waals surface area contributed by atoms with Crippen molar-refractivity contribution in [1.29, 1.82) is 0 Å². The van der Waals surface area contributed by atoms with Crippen molar-refractivity contribution in [2.24, 2.45) is 0 Å². The van der Waals surface area contributed by atoms with Crippen molar-refractivity contribution >= 4 is 11.7 Å². The first-order valence-electron chi connectivity index (χ1n) is 6.24. The average Bonchev–Trinajstić information content (AvgIpc) is 2.75. The summed E-state index contributed by atoms with van der Waals surface area (Å²) in [5.41, 5.74) is 1.70. The number of nitro groups is 1. The molecule has 1 aromatic heterocycles. The van der Waals surface area contributed by atoms with Gasteiger partial charge in [0.15, 0.2) is 0 Å². The quantitative estimate of drug-likeness (QED) is 0.488. The lowest BCUT2D eigenvalue weighted by molar-refractivity contribution is -0.385. The lowest BCUT2D eigenvalue weighted by atomic mass is 10.1. The molecule has 0 fully saturated rings. The molecule has 2 aromatic rings. The van der Waals surface area contributed by atoms with Crippen molar-refractivity contribution < 1.29 is 19.0 Å². The molecule has 0 saturated heterocycles. The van der Waals surface area contributed by atoms with Crippen molar-refractivity contribution in [1.82, 2.24) is 5.16 Å². The minimum Gasteiger partial charge on any atom is -0.457 e. The molecule has 1 heterocycles. The Morgan fingerprint density at radius 2 is 2.10 bits per heavy atom. The largest absolute Gasteiger partial charge is 0.457 e. The molecule has 0 unspecified atom stereocenters. The third kappa shape index (κ3) is 2.91. The molecule has 7 heteroatoms. The van der Waals surface area contributed by atoms with Gasteiger partial charge in [-0.15, -0.1) is 0 Å². The Bertz CT molecular complexity index is 686. The molecule has 110 valence electrons. The van der Waals surface area contributed by atoms with E-state index < -0.39 is 10.9 Å². The van der Waals surface area contributed by atoms with Crippen LogP contribution in [0.15, 0.2) is 22.7 Å². The zero-order valence-electron chi connectivity index (χ0n) is 11.9. The van der Waals surface area contributed by atoms with Crippen LogP contribution in [-0.4, -0.2) is 16.0 Å². The number of carbonyl (C=O) groups is 1. The molecule has 0 atom stereocenters. The maximum atomic E-state index is 12.1. The fourth-order valence-corrected chi connectivity index (χ4v) is 1.97. The van der Waals surface area contributed by atoms with Crippen LogP contribution >= 0.6 is 0 Å². The second kappa shape index (κ2) is 5.74. The number of carbonyl (C=O) groups excluding carboxylic acids is 1.